The Morgan fingerprint density at radius 1 is 1.17 bits per heavy atom. The smallest absolute Gasteiger partial charge is 0.301 e. The number of rotatable bonds is 10. The van der Waals surface area contributed by atoms with Crippen LogP contribution in [-0.2, 0) is 9.59 Å². The number of aliphatic hydroxyl groups is 1. The lowest BCUT2D eigenvalue weighted by Crippen LogP contribution is -2.50. The fraction of sp³-hybridized carbons (Fsp3) is 0.773. The standard InChI is InChI=1S/C22H40N4O4/c1-9-10-15(25-19(29)17(27)22(6,7)8)18(28)26-20-24-13-16(30-20)14(2)23-12-11-21(3,4)5/h13-15,17,23,27H,9-12H2,1-8H3,(H,25,29)(H,24,26,28). The number of carbonyl (C=O) groups is 2. The van der Waals surface area contributed by atoms with E-state index in [-0.39, 0.29) is 17.5 Å². The predicted octanol–water partition coefficient (Wildman–Crippen LogP) is 3.39. The molecule has 8 heteroatoms. The first-order valence-corrected chi connectivity index (χ1v) is 10.7. The normalized spacial score (nSPS) is 15.4. The third-order valence-corrected chi connectivity index (χ3v) is 4.78. The van der Waals surface area contributed by atoms with Crippen LogP contribution in [0.4, 0.5) is 6.01 Å². The topological polar surface area (TPSA) is 116 Å². The highest BCUT2D eigenvalue weighted by molar-refractivity contribution is 5.96. The lowest BCUT2D eigenvalue weighted by molar-refractivity contribution is -0.137. The van der Waals surface area contributed by atoms with Crippen molar-refractivity contribution in [2.24, 2.45) is 10.8 Å². The minimum atomic E-state index is -1.21. The molecular weight excluding hydrogens is 384 g/mol. The first-order chi connectivity index (χ1) is 13.7. The van der Waals surface area contributed by atoms with Gasteiger partial charge in [0.15, 0.2) is 0 Å². The van der Waals surface area contributed by atoms with Crippen molar-refractivity contribution in [1.29, 1.82) is 0 Å². The zero-order valence-corrected chi connectivity index (χ0v) is 19.8. The van der Waals surface area contributed by atoms with Crippen molar-refractivity contribution in [1.82, 2.24) is 15.6 Å². The highest BCUT2D eigenvalue weighted by Crippen LogP contribution is 2.21. The Morgan fingerprint density at radius 2 is 1.80 bits per heavy atom. The van der Waals surface area contributed by atoms with E-state index in [0.717, 1.165) is 13.0 Å². The number of carbonyl (C=O) groups excluding carboxylic acids is 2. The quantitative estimate of drug-likeness (QED) is 0.457. The Morgan fingerprint density at radius 3 is 2.33 bits per heavy atom. The van der Waals surface area contributed by atoms with Crippen LogP contribution in [0.3, 0.4) is 0 Å². The summed E-state index contributed by atoms with van der Waals surface area (Å²) in [5.41, 5.74) is -0.377. The SMILES string of the molecule is CCCC(NC(=O)C(O)C(C)(C)C)C(=O)Nc1ncc(C(C)NCCC(C)(C)C)o1. The van der Waals surface area contributed by atoms with Gasteiger partial charge < -0.3 is 20.2 Å². The fourth-order valence-electron chi connectivity index (χ4n) is 2.70. The number of aromatic nitrogens is 1. The third-order valence-electron chi connectivity index (χ3n) is 4.78. The van der Waals surface area contributed by atoms with E-state index in [1.165, 1.54) is 0 Å². The molecule has 3 unspecified atom stereocenters. The summed E-state index contributed by atoms with van der Waals surface area (Å²) in [4.78, 5) is 29.1. The lowest BCUT2D eigenvalue weighted by Gasteiger charge is -2.26. The summed E-state index contributed by atoms with van der Waals surface area (Å²) < 4.78 is 5.67. The van der Waals surface area contributed by atoms with Gasteiger partial charge in [-0.25, -0.2) is 4.98 Å². The van der Waals surface area contributed by atoms with E-state index in [2.05, 4.69) is 41.7 Å². The maximum atomic E-state index is 12.6. The molecule has 8 nitrogen and oxygen atoms in total. The molecule has 0 spiro atoms. The molecule has 0 saturated carbocycles. The molecule has 1 rings (SSSR count). The van der Waals surface area contributed by atoms with Gasteiger partial charge in [-0.2, -0.15) is 0 Å². The largest absolute Gasteiger partial charge is 0.427 e. The maximum absolute atomic E-state index is 12.6. The predicted molar refractivity (Wildman–Crippen MR) is 118 cm³/mol. The van der Waals surface area contributed by atoms with Gasteiger partial charge in [0.05, 0.1) is 12.2 Å². The fourth-order valence-corrected chi connectivity index (χ4v) is 2.70. The molecule has 30 heavy (non-hydrogen) atoms. The van der Waals surface area contributed by atoms with Crippen LogP contribution in [0, 0.1) is 10.8 Å². The summed E-state index contributed by atoms with van der Waals surface area (Å²) >= 11 is 0. The van der Waals surface area contributed by atoms with Crippen molar-refractivity contribution < 1.29 is 19.1 Å². The number of amides is 2. The number of hydrogen-bond donors (Lipinski definition) is 4. The molecule has 0 aromatic carbocycles. The van der Waals surface area contributed by atoms with E-state index in [9.17, 15) is 14.7 Å². The molecule has 1 aromatic rings. The van der Waals surface area contributed by atoms with Crippen LogP contribution >= 0.6 is 0 Å². The molecule has 1 aromatic heterocycles. The van der Waals surface area contributed by atoms with Gasteiger partial charge in [0.25, 0.3) is 5.91 Å². The van der Waals surface area contributed by atoms with Gasteiger partial charge >= 0.3 is 6.01 Å². The van der Waals surface area contributed by atoms with Gasteiger partial charge in [0.1, 0.15) is 17.9 Å². The minimum absolute atomic E-state index is 0.0430. The third kappa shape index (κ3) is 8.83. The van der Waals surface area contributed by atoms with Gasteiger partial charge in [-0.15, -0.1) is 0 Å². The van der Waals surface area contributed by atoms with E-state index >= 15 is 0 Å². The Labute approximate surface area is 180 Å². The van der Waals surface area contributed by atoms with Gasteiger partial charge in [0, 0.05) is 0 Å². The molecule has 172 valence electrons. The van der Waals surface area contributed by atoms with Gasteiger partial charge in [-0.1, -0.05) is 54.9 Å². The van der Waals surface area contributed by atoms with Crippen LogP contribution in [0.1, 0.15) is 86.5 Å². The molecule has 0 saturated heterocycles. The lowest BCUT2D eigenvalue weighted by atomic mass is 9.88. The second-order valence-electron chi connectivity index (χ2n) is 10.2. The molecule has 0 aliphatic rings. The second-order valence-corrected chi connectivity index (χ2v) is 10.2. The monoisotopic (exact) mass is 424 g/mol. The van der Waals surface area contributed by atoms with E-state index in [1.54, 1.807) is 27.0 Å². The molecule has 0 aliphatic carbocycles. The first-order valence-electron chi connectivity index (χ1n) is 10.7. The Bertz CT molecular complexity index is 688. The number of oxazole rings is 1. The Kier molecular flexibility index (Phi) is 9.49. The maximum Gasteiger partial charge on any atom is 0.301 e. The number of nitrogens with zero attached hydrogens (tertiary/aromatic N) is 1. The second kappa shape index (κ2) is 10.9. The van der Waals surface area contributed by atoms with Crippen molar-refractivity contribution in [3.05, 3.63) is 12.0 Å². The summed E-state index contributed by atoms with van der Waals surface area (Å²) in [5.74, 6) is -0.368. The van der Waals surface area contributed by atoms with E-state index in [0.29, 0.717) is 18.6 Å². The van der Waals surface area contributed by atoms with Crippen molar-refractivity contribution in [2.75, 3.05) is 11.9 Å². The molecule has 0 fully saturated rings. The van der Waals surface area contributed by atoms with Crippen LogP contribution in [0.2, 0.25) is 0 Å². The van der Waals surface area contributed by atoms with Crippen LogP contribution in [-0.4, -0.2) is 40.6 Å². The average Bonchev–Trinajstić information content (AvgIpc) is 3.07. The van der Waals surface area contributed by atoms with E-state index < -0.39 is 29.4 Å². The van der Waals surface area contributed by atoms with Gasteiger partial charge in [-0.3, -0.25) is 14.9 Å². The molecule has 1 heterocycles. The number of aliphatic hydroxyl groups excluding tert-OH is 1. The molecular formula is C22H40N4O4. The molecule has 0 aliphatic heterocycles. The zero-order valence-electron chi connectivity index (χ0n) is 19.8. The zero-order chi connectivity index (χ0) is 23.1. The van der Waals surface area contributed by atoms with Crippen LogP contribution in [0.15, 0.2) is 10.6 Å². The summed E-state index contributed by atoms with van der Waals surface area (Å²) in [6.07, 6.45) is 2.52. The van der Waals surface area contributed by atoms with Crippen LogP contribution in [0.25, 0.3) is 0 Å². The van der Waals surface area contributed by atoms with Gasteiger partial charge in [-0.05, 0) is 37.1 Å². The number of hydrogen-bond acceptors (Lipinski definition) is 6. The van der Waals surface area contributed by atoms with E-state index in [4.69, 9.17) is 4.42 Å². The summed E-state index contributed by atoms with van der Waals surface area (Å²) in [6.45, 7) is 16.6. The Hall–Kier alpha value is -1.93. The summed E-state index contributed by atoms with van der Waals surface area (Å²) in [7, 11) is 0. The molecule has 0 radical (unpaired) electrons. The summed E-state index contributed by atoms with van der Waals surface area (Å²) in [6, 6.07) is -0.734. The van der Waals surface area contributed by atoms with Gasteiger partial charge in [0.2, 0.25) is 5.91 Å². The molecule has 3 atom stereocenters. The highest BCUT2D eigenvalue weighted by Gasteiger charge is 2.32. The van der Waals surface area contributed by atoms with Crippen molar-refractivity contribution >= 4 is 17.8 Å². The van der Waals surface area contributed by atoms with Crippen LogP contribution < -0.4 is 16.0 Å². The molecule has 2 amide bonds. The number of nitrogens with one attached hydrogen (secondary N) is 3. The molecule has 0 bridgehead atoms. The summed E-state index contributed by atoms with van der Waals surface area (Å²) in [5, 5.41) is 18.8. The molecule has 4 N–H and O–H groups in total. The van der Waals surface area contributed by atoms with Crippen molar-refractivity contribution in [2.45, 2.75) is 92.8 Å². The minimum Gasteiger partial charge on any atom is -0.427 e. The number of anilines is 1. The van der Waals surface area contributed by atoms with Crippen molar-refractivity contribution in [3.8, 4) is 0 Å². The Balaban J connectivity index is 2.69. The first kappa shape index (κ1) is 26.1. The average molecular weight is 425 g/mol. The van der Waals surface area contributed by atoms with Crippen molar-refractivity contribution in [3.63, 3.8) is 0 Å². The highest BCUT2D eigenvalue weighted by atomic mass is 16.4. The van der Waals surface area contributed by atoms with E-state index in [1.807, 2.05) is 13.8 Å². The van der Waals surface area contributed by atoms with Crippen LogP contribution in [0.5, 0.6) is 0 Å².